The quantitative estimate of drug-likeness (QED) is 0.168. The van der Waals surface area contributed by atoms with Crippen LogP contribution in [0.1, 0.15) is 25.8 Å². The van der Waals surface area contributed by atoms with Crippen LogP contribution in [0.4, 0.5) is 13.2 Å². The molecule has 0 unspecified atom stereocenters. The Balaban J connectivity index is 1.83. The molecule has 1 aromatic heterocycles. The van der Waals surface area contributed by atoms with Crippen molar-refractivity contribution >= 4 is 44.3 Å². The van der Waals surface area contributed by atoms with E-state index in [0.29, 0.717) is 15.6 Å². The number of benzene rings is 3. The molecule has 1 heterocycles. The molecule has 180 valence electrons. The third-order valence-corrected chi connectivity index (χ3v) is 6.86. The standard InChI is InChI=1S/C26H26F3IN2O2/c1-3-32(4-2)12-7-13-34-24-19(30)15-20-22(23(24)26(27,28)29)21(25(33)31-20)18-11-10-16-8-5-6-9-17(16)14-18/h5-6,8-11,14-15,31,33H,3-4,7,12-13H2,1-2H3. The van der Waals surface area contributed by atoms with Gasteiger partial charge in [0.15, 0.2) is 5.88 Å². The average molecular weight is 582 g/mol. The molecule has 0 radical (unpaired) electrons. The molecule has 4 aromatic rings. The molecule has 0 fully saturated rings. The van der Waals surface area contributed by atoms with Crippen LogP contribution in [0.5, 0.6) is 11.6 Å². The van der Waals surface area contributed by atoms with Crippen molar-refractivity contribution in [1.29, 1.82) is 0 Å². The lowest BCUT2D eigenvalue weighted by molar-refractivity contribution is -0.137. The van der Waals surface area contributed by atoms with Crippen LogP contribution in [0.2, 0.25) is 0 Å². The fraction of sp³-hybridized carbons (Fsp3) is 0.308. The molecule has 4 nitrogen and oxygen atoms in total. The number of halogens is 4. The summed E-state index contributed by atoms with van der Waals surface area (Å²) in [4.78, 5) is 4.94. The van der Waals surface area contributed by atoms with Crippen LogP contribution in [0.25, 0.3) is 32.8 Å². The molecule has 0 aliphatic rings. The molecule has 2 N–H and O–H groups in total. The highest BCUT2D eigenvalue weighted by Gasteiger charge is 2.40. The van der Waals surface area contributed by atoms with E-state index in [0.717, 1.165) is 30.4 Å². The maximum atomic E-state index is 14.5. The molecular formula is C26H26F3IN2O2. The SMILES string of the molecule is CCN(CC)CCCOc1c(I)cc2[nH]c(O)c(-c3ccc4ccccc4c3)c2c1C(F)(F)F. The van der Waals surface area contributed by atoms with Crippen LogP contribution >= 0.6 is 22.6 Å². The van der Waals surface area contributed by atoms with Crippen molar-refractivity contribution in [2.45, 2.75) is 26.4 Å². The second-order valence-corrected chi connectivity index (χ2v) is 9.28. The first kappa shape index (κ1) is 24.7. The molecule has 0 spiro atoms. The molecule has 8 heteroatoms. The van der Waals surface area contributed by atoms with E-state index >= 15 is 0 Å². The van der Waals surface area contributed by atoms with Crippen LogP contribution in [-0.2, 0) is 6.18 Å². The van der Waals surface area contributed by atoms with E-state index in [-0.39, 0.29) is 34.7 Å². The van der Waals surface area contributed by atoms with Gasteiger partial charge in [-0.3, -0.25) is 0 Å². The van der Waals surface area contributed by atoms with E-state index < -0.39 is 11.7 Å². The average Bonchev–Trinajstić information content (AvgIpc) is 3.12. The molecule has 34 heavy (non-hydrogen) atoms. The Bertz CT molecular complexity index is 1310. The summed E-state index contributed by atoms with van der Waals surface area (Å²) >= 11 is 1.86. The fourth-order valence-corrected chi connectivity index (χ4v) is 5.08. The van der Waals surface area contributed by atoms with E-state index in [4.69, 9.17) is 4.74 Å². The van der Waals surface area contributed by atoms with Gasteiger partial charge < -0.3 is 19.7 Å². The lowest BCUT2D eigenvalue weighted by Gasteiger charge is -2.20. The highest BCUT2D eigenvalue weighted by molar-refractivity contribution is 14.1. The summed E-state index contributed by atoms with van der Waals surface area (Å²) in [6, 6.07) is 14.6. The molecule has 3 aromatic carbocycles. The number of aromatic nitrogens is 1. The van der Waals surface area contributed by atoms with Gasteiger partial charge in [-0.1, -0.05) is 50.2 Å². The second kappa shape index (κ2) is 10.0. The molecule has 0 saturated heterocycles. The highest BCUT2D eigenvalue weighted by Crippen LogP contribution is 2.49. The predicted molar refractivity (Wildman–Crippen MR) is 139 cm³/mol. The summed E-state index contributed by atoms with van der Waals surface area (Å²) in [6.45, 7) is 6.78. The number of hydrogen-bond donors (Lipinski definition) is 2. The van der Waals surface area contributed by atoms with E-state index in [9.17, 15) is 18.3 Å². The van der Waals surface area contributed by atoms with Gasteiger partial charge in [0.2, 0.25) is 0 Å². The van der Waals surface area contributed by atoms with Crippen LogP contribution in [0, 0.1) is 3.57 Å². The maximum Gasteiger partial charge on any atom is 0.420 e. The number of nitrogens with zero attached hydrogens (tertiary/aromatic N) is 1. The van der Waals surface area contributed by atoms with Crippen LogP contribution in [0.15, 0.2) is 48.5 Å². The minimum Gasteiger partial charge on any atom is -0.494 e. The zero-order valence-corrected chi connectivity index (χ0v) is 21.1. The third kappa shape index (κ3) is 4.84. The Hall–Kier alpha value is -2.46. The van der Waals surface area contributed by atoms with Crippen LogP contribution in [-0.4, -0.2) is 41.2 Å². The van der Waals surface area contributed by atoms with Gasteiger partial charge in [-0.05, 0) is 70.6 Å². The smallest absolute Gasteiger partial charge is 0.420 e. The molecule has 0 bridgehead atoms. The minimum atomic E-state index is -4.67. The van der Waals surface area contributed by atoms with Crippen molar-refractivity contribution in [3.8, 4) is 22.8 Å². The minimum absolute atomic E-state index is 0.0839. The van der Waals surface area contributed by atoms with Crippen molar-refractivity contribution in [3.05, 3.63) is 57.7 Å². The lowest BCUT2D eigenvalue weighted by Crippen LogP contribution is -2.25. The van der Waals surface area contributed by atoms with E-state index in [1.165, 1.54) is 0 Å². The number of alkyl halides is 3. The Morgan fingerprint density at radius 3 is 2.41 bits per heavy atom. The van der Waals surface area contributed by atoms with Gasteiger partial charge in [0, 0.05) is 11.9 Å². The normalized spacial score (nSPS) is 12.2. The maximum absolute atomic E-state index is 14.5. The molecule has 0 aliphatic carbocycles. The Labute approximate surface area is 209 Å². The van der Waals surface area contributed by atoms with Crippen molar-refractivity contribution < 1.29 is 23.0 Å². The van der Waals surface area contributed by atoms with Crippen LogP contribution < -0.4 is 4.74 Å². The zero-order valence-electron chi connectivity index (χ0n) is 19.0. The van der Waals surface area contributed by atoms with Gasteiger partial charge in [-0.15, -0.1) is 0 Å². The first-order valence-electron chi connectivity index (χ1n) is 11.2. The molecule has 0 aliphatic heterocycles. The van der Waals surface area contributed by atoms with Crippen molar-refractivity contribution in [2.24, 2.45) is 0 Å². The summed E-state index contributed by atoms with van der Waals surface area (Å²) in [7, 11) is 0. The molecule has 0 saturated carbocycles. The molecule has 4 rings (SSSR count). The largest absolute Gasteiger partial charge is 0.494 e. The number of hydrogen-bond acceptors (Lipinski definition) is 3. The van der Waals surface area contributed by atoms with Crippen molar-refractivity contribution in [3.63, 3.8) is 0 Å². The highest BCUT2D eigenvalue weighted by atomic mass is 127. The second-order valence-electron chi connectivity index (χ2n) is 8.12. The fourth-order valence-electron chi connectivity index (χ4n) is 4.34. The number of H-pyrrole nitrogens is 1. The number of aromatic amines is 1. The van der Waals surface area contributed by atoms with Crippen LogP contribution in [0.3, 0.4) is 0 Å². The topological polar surface area (TPSA) is 48.5 Å². The first-order valence-corrected chi connectivity index (χ1v) is 12.3. The number of rotatable bonds is 8. The lowest BCUT2D eigenvalue weighted by atomic mass is 9.97. The summed E-state index contributed by atoms with van der Waals surface area (Å²) < 4.78 is 49.5. The number of aromatic hydroxyl groups is 1. The van der Waals surface area contributed by atoms with E-state index in [2.05, 4.69) is 23.7 Å². The van der Waals surface area contributed by atoms with Gasteiger partial charge >= 0.3 is 6.18 Å². The molecule has 0 atom stereocenters. The molecule has 0 amide bonds. The van der Waals surface area contributed by atoms with Crippen molar-refractivity contribution in [2.75, 3.05) is 26.2 Å². The number of ether oxygens (including phenoxy) is 1. The summed E-state index contributed by atoms with van der Waals surface area (Å²) in [6.07, 6.45) is -4.06. The van der Waals surface area contributed by atoms with Crippen molar-refractivity contribution in [1.82, 2.24) is 9.88 Å². The summed E-state index contributed by atoms with van der Waals surface area (Å²) in [5, 5.41) is 12.4. The Kier molecular flexibility index (Phi) is 7.28. The zero-order chi connectivity index (χ0) is 24.5. The summed E-state index contributed by atoms with van der Waals surface area (Å²) in [5.74, 6) is -0.494. The third-order valence-electron chi connectivity index (χ3n) is 6.06. The Morgan fingerprint density at radius 1 is 1.03 bits per heavy atom. The van der Waals surface area contributed by atoms with Gasteiger partial charge in [0.25, 0.3) is 0 Å². The van der Waals surface area contributed by atoms with Gasteiger partial charge in [0.1, 0.15) is 11.3 Å². The van der Waals surface area contributed by atoms with Gasteiger partial charge in [0.05, 0.1) is 21.3 Å². The van der Waals surface area contributed by atoms with Gasteiger partial charge in [-0.25, -0.2) is 0 Å². The first-order chi connectivity index (χ1) is 16.2. The molecular weight excluding hydrogens is 556 g/mol. The van der Waals surface area contributed by atoms with E-state index in [1.54, 1.807) is 18.2 Å². The summed E-state index contributed by atoms with van der Waals surface area (Å²) in [5.41, 5.74) is -0.0241. The number of nitrogens with one attached hydrogen (secondary N) is 1. The van der Waals surface area contributed by atoms with E-state index in [1.807, 2.05) is 52.9 Å². The predicted octanol–water partition coefficient (Wildman–Crippen LogP) is 7.43. The van der Waals surface area contributed by atoms with Gasteiger partial charge in [-0.2, -0.15) is 13.2 Å². The Morgan fingerprint density at radius 2 is 1.74 bits per heavy atom. The number of fused-ring (bicyclic) bond motifs is 2. The monoisotopic (exact) mass is 582 g/mol.